The van der Waals surface area contributed by atoms with Gasteiger partial charge in [-0.15, -0.1) is 11.3 Å². The molecule has 0 bridgehead atoms. The van der Waals surface area contributed by atoms with Gasteiger partial charge in [-0.2, -0.15) is 0 Å². The summed E-state index contributed by atoms with van der Waals surface area (Å²) in [4.78, 5) is 9.47. The summed E-state index contributed by atoms with van der Waals surface area (Å²) in [5, 5.41) is 5.49. The van der Waals surface area contributed by atoms with Crippen molar-refractivity contribution in [1.82, 2.24) is 9.97 Å². The molecule has 0 amide bonds. The van der Waals surface area contributed by atoms with Crippen LogP contribution in [0.5, 0.6) is 17.2 Å². The van der Waals surface area contributed by atoms with Gasteiger partial charge in [-0.1, -0.05) is 32.1 Å². The number of hydrogen-bond donors (Lipinski definition) is 1. The summed E-state index contributed by atoms with van der Waals surface area (Å²) in [6.45, 7) is 4.38. The van der Waals surface area contributed by atoms with Gasteiger partial charge in [0.2, 0.25) is 5.75 Å². The number of aromatic nitrogens is 2. The Bertz CT molecular complexity index is 1250. The topological polar surface area (TPSA) is 65.5 Å². The summed E-state index contributed by atoms with van der Waals surface area (Å²) < 4.78 is 17.3. The fourth-order valence-corrected chi connectivity index (χ4v) is 4.27. The van der Waals surface area contributed by atoms with Crippen molar-refractivity contribution in [2.45, 2.75) is 19.8 Å². The number of ether oxygens (including phenoxy) is 3. The highest BCUT2D eigenvalue weighted by molar-refractivity contribution is 7.17. The second-order valence-electron chi connectivity index (χ2n) is 7.76. The molecule has 0 aliphatic carbocycles. The van der Waals surface area contributed by atoms with Crippen LogP contribution < -0.4 is 19.5 Å². The Hall–Kier alpha value is -3.58. The van der Waals surface area contributed by atoms with Crippen LogP contribution in [0.1, 0.15) is 36.7 Å². The fraction of sp³-hybridized carbons (Fsp3) is 0.231. The van der Waals surface area contributed by atoms with Crippen LogP contribution >= 0.6 is 11.3 Å². The summed E-state index contributed by atoms with van der Waals surface area (Å²) >= 11 is 1.62. The van der Waals surface area contributed by atoms with Crippen LogP contribution in [-0.4, -0.2) is 31.3 Å². The number of fused-ring (bicyclic) bond motifs is 1. The molecule has 0 saturated carbocycles. The molecule has 7 heteroatoms. The van der Waals surface area contributed by atoms with E-state index in [1.54, 1.807) is 32.7 Å². The monoisotopic (exact) mass is 461 g/mol. The third-order valence-corrected chi connectivity index (χ3v) is 6.18. The lowest BCUT2D eigenvalue weighted by Crippen LogP contribution is -1.98. The van der Waals surface area contributed by atoms with Crippen molar-refractivity contribution >= 4 is 45.2 Å². The summed E-state index contributed by atoms with van der Waals surface area (Å²) in [6, 6.07) is 14.2. The van der Waals surface area contributed by atoms with E-state index in [1.807, 2.05) is 35.7 Å². The number of benzene rings is 2. The van der Waals surface area contributed by atoms with E-state index in [-0.39, 0.29) is 0 Å². The zero-order valence-electron chi connectivity index (χ0n) is 19.4. The molecule has 0 radical (unpaired) electrons. The zero-order valence-corrected chi connectivity index (χ0v) is 20.2. The van der Waals surface area contributed by atoms with E-state index in [0.717, 1.165) is 27.3 Å². The van der Waals surface area contributed by atoms with Gasteiger partial charge < -0.3 is 19.5 Å². The van der Waals surface area contributed by atoms with E-state index in [2.05, 4.69) is 43.4 Å². The quantitative estimate of drug-likeness (QED) is 0.313. The Morgan fingerprint density at radius 2 is 1.58 bits per heavy atom. The van der Waals surface area contributed by atoms with E-state index < -0.39 is 0 Å². The van der Waals surface area contributed by atoms with Gasteiger partial charge >= 0.3 is 0 Å². The van der Waals surface area contributed by atoms with E-state index >= 15 is 0 Å². The van der Waals surface area contributed by atoms with Crippen LogP contribution in [0.3, 0.4) is 0 Å². The van der Waals surface area contributed by atoms with Crippen molar-refractivity contribution in [1.29, 1.82) is 0 Å². The molecular weight excluding hydrogens is 434 g/mol. The normalized spacial score (nSPS) is 11.3. The van der Waals surface area contributed by atoms with Crippen LogP contribution in [0.2, 0.25) is 0 Å². The van der Waals surface area contributed by atoms with Gasteiger partial charge in [0.05, 0.1) is 31.5 Å². The first kappa shape index (κ1) is 22.6. The molecule has 0 atom stereocenters. The first-order valence-corrected chi connectivity index (χ1v) is 11.5. The SMILES string of the molecule is COc1cc(/C=C/c2nc(Nc3ccc(C(C)C)cc3)c3sccc3n2)cc(OC)c1OC. The number of thiophene rings is 1. The third-order valence-electron chi connectivity index (χ3n) is 5.27. The van der Waals surface area contributed by atoms with Crippen molar-refractivity contribution in [2.24, 2.45) is 0 Å². The summed E-state index contributed by atoms with van der Waals surface area (Å²) in [7, 11) is 4.79. The van der Waals surface area contributed by atoms with Gasteiger partial charge in [-0.25, -0.2) is 9.97 Å². The van der Waals surface area contributed by atoms with Crippen molar-refractivity contribution in [3.05, 3.63) is 64.8 Å². The molecule has 0 aliphatic heterocycles. The largest absolute Gasteiger partial charge is 0.493 e. The Labute approximate surface area is 197 Å². The minimum atomic E-state index is 0.494. The highest BCUT2D eigenvalue weighted by Crippen LogP contribution is 2.38. The molecule has 2 heterocycles. The Morgan fingerprint density at radius 3 is 2.18 bits per heavy atom. The van der Waals surface area contributed by atoms with Gasteiger partial charge in [0.25, 0.3) is 0 Å². The maximum atomic E-state index is 5.45. The van der Waals surface area contributed by atoms with Crippen LogP contribution in [0.4, 0.5) is 11.5 Å². The van der Waals surface area contributed by atoms with Crippen LogP contribution in [0.15, 0.2) is 47.8 Å². The van der Waals surface area contributed by atoms with E-state index in [1.165, 1.54) is 5.56 Å². The van der Waals surface area contributed by atoms with Crippen LogP contribution in [0, 0.1) is 0 Å². The summed E-state index contributed by atoms with van der Waals surface area (Å²) in [5.41, 5.74) is 4.09. The Balaban J connectivity index is 1.66. The molecule has 4 aromatic rings. The highest BCUT2D eigenvalue weighted by atomic mass is 32.1. The van der Waals surface area contributed by atoms with Crippen LogP contribution in [-0.2, 0) is 0 Å². The van der Waals surface area contributed by atoms with Crippen LogP contribution in [0.25, 0.3) is 22.4 Å². The fourth-order valence-electron chi connectivity index (χ4n) is 3.50. The second-order valence-corrected chi connectivity index (χ2v) is 8.68. The molecule has 2 aromatic heterocycles. The van der Waals surface area contributed by atoms with E-state index in [9.17, 15) is 0 Å². The van der Waals surface area contributed by atoms with Crippen molar-refractivity contribution in [3.8, 4) is 17.2 Å². The van der Waals surface area contributed by atoms with Crippen molar-refractivity contribution in [2.75, 3.05) is 26.6 Å². The first-order valence-electron chi connectivity index (χ1n) is 10.6. The maximum Gasteiger partial charge on any atom is 0.203 e. The average Bonchev–Trinajstić information content (AvgIpc) is 3.31. The zero-order chi connectivity index (χ0) is 23.4. The molecular formula is C26H27N3O3S. The summed E-state index contributed by atoms with van der Waals surface area (Å²) in [6.07, 6.45) is 3.81. The molecule has 6 nitrogen and oxygen atoms in total. The van der Waals surface area contributed by atoms with Gasteiger partial charge in [0, 0.05) is 5.69 Å². The minimum Gasteiger partial charge on any atom is -0.493 e. The van der Waals surface area contributed by atoms with Gasteiger partial charge in [-0.05, 0) is 58.8 Å². The Morgan fingerprint density at radius 1 is 0.879 bits per heavy atom. The number of hydrogen-bond acceptors (Lipinski definition) is 7. The first-order chi connectivity index (χ1) is 16.0. The summed E-state index contributed by atoms with van der Waals surface area (Å²) in [5.74, 6) is 3.64. The molecule has 0 fully saturated rings. The maximum absolute atomic E-state index is 5.45. The number of rotatable bonds is 8. The molecule has 0 spiro atoms. The number of nitrogens with one attached hydrogen (secondary N) is 1. The van der Waals surface area contributed by atoms with E-state index in [0.29, 0.717) is 29.0 Å². The predicted octanol–water partition coefficient (Wildman–Crippen LogP) is 6.75. The number of anilines is 2. The van der Waals surface area contributed by atoms with Gasteiger partial charge in [-0.3, -0.25) is 0 Å². The number of methoxy groups -OCH3 is 3. The number of nitrogens with zero attached hydrogens (tertiary/aromatic N) is 2. The lowest BCUT2D eigenvalue weighted by atomic mass is 10.0. The smallest absolute Gasteiger partial charge is 0.203 e. The standard InChI is InChI=1S/C26H27N3O3S/c1-16(2)18-7-9-19(10-8-18)27-26-25-20(12-13-33-25)28-23(29-26)11-6-17-14-21(30-3)24(32-5)22(15-17)31-4/h6-16H,1-5H3,(H,27,28,29)/b11-6+. The minimum absolute atomic E-state index is 0.494. The molecule has 0 unspecified atom stereocenters. The second kappa shape index (κ2) is 9.92. The molecule has 170 valence electrons. The van der Waals surface area contributed by atoms with Crippen molar-refractivity contribution in [3.63, 3.8) is 0 Å². The molecule has 1 N–H and O–H groups in total. The Kier molecular flexibility index (Phi) is 6.79. The molecule has 0 aliphatic rings. The third kappa shape index (κ3) is 4.93. The molecule has 4 rings (SSSR count). The van der Waals surface area contributed by atoms with E-state index in [4.69, 9.17) is 24.2 Å². The average molecular weight is 462 g/mol. The van der Waals surface area contributed by atoms with Gasteiger partial charge in [0.15, 0.2) is 23.1 Å². The van der Waals surface area contributed by atoms with Crippen molar-refractivity contribution < 1.29 is 14.2 Å². The molecule has 2 aromatic carbocycles. The lowest BCUT2D eigenvalue weighted by Gasteiger charge is -2.12. The molecule has 33 heavy (non-hydrogen) atoms. The molecule has 0 saturated heterocycles. The highest BCUT2D eigenvalue weighted by Gasteiger charge is 2.13. The predicted molar refractivity (Wildman–Crippen MR) is 136 cm³/mol. The lowest BCUT2D eigenvalue weighted by molar-refractivity contribution is 0.324. The van der Waals surface area contributed by atoms with Gasteiger partial charge in [0.1, 0.15) is 0 Å².